The summed E-state index contributed by atoms with van der Waals surface area (Å²) in [6.45, 7) is 0.175. The fraction of sp³-hybridized carbons (Fsp3) is 0.389. The average Bonchev–Trinajstić information content (AvgIpc) is 3.09. The van der Waals surface area contributed by atoms with Gasteiger partial charge in [0.15, 0.2) is 5.69 Å². The third-order valence-electron chi connectivity index (χ3n) is 5.04. The Morgan fingerprint density at radius 3 is 2.62 bits per heavy atom. The van der Waals surface area contributed by atoms with Gasteiger partial charge in [0.1, 0.15) is 0 Å². The van der Waals surface area contributed by atoms with E-state index in [0.717, 1.165) is 36.2 Å². The number of aromatic nitrogens is 2. The molecule has 2 N–H and O–H groups in total. The Morgan fingerprint density at radius 1 is 1.21 bits per heavy atom. The molecule has 0 atom stereocenters. The van der Waals surface area contributed by atoms with Gasteiger partial charge in [-0.3, -0.25) is 9.59 Å². The Labute approximate surface area is 139 Å². The molecule has 1 fully saturated rings. The lowest BCUT2D eigenvalue weighted by Crippen LogP contribution is -2.34. The van der Waals surface area contributed by atoms with Crippen molar-refractivity contribution in [3.63, 3.8) is 0 Å². The summed E-state index contributed by atoms with van der Waals surface area (Å²) in [6.07, 6.45) is 4.01. The number of carboxylic acid groups (broad SMARTS) is 1. The number of rotatable bonds is 5. The van der Waals surface area contributed by atoms with Gasteiger partial charge in [-0.05, 0) is 44.2 Å². The summed E-state index contributed by atoms with van der Waals surface area (Å²) < 4.78 is 1.85. The number of hydrogen-bond donors (Lipinski definition) is 2. The van der Waals surface area contributed by atoms with E-state index in [-0.39, 0.29) is 12.5 Å². The first-order valence-corrected chi connectivity index (χ1v) is 8.28. The van der Waals surface area contributed by atoms with Crippen LogP contribution in [0.25, 0.3) is 5.69 Å². The molecule has 1 heterocycles. The van der Waals surface area contributed by atoms with Crippen molar-refractivity contribution in [2.45, 2.75) is 32.1 Å². The standard InChI is InChI=1S/C18H19N3O3/c22-16(19-11-18(9-10-18)17(23)24)15-13-7-4-8-14(13)21(20-15)12-5-2-1-3-6-12/h1-3,5-6H,4,7-11H2,(H,19,22)(H,23,24). The molecule has 0 radical (unpaired) electrons. The van der Waals surface area contributed by atoms with Crippen molar-refractivity contribution in [1.82, 2.24) is 15.1 Å². The topological polar surface area (TPSA) is 84.2 Å². The Bertz CT molecular complexity index is 806. The Morgan fingerprint density at radius 2 is 1.96 bits per heavy atom. The minimum Gasteiger partial charge on any atom is -0.481 e. The highest BCUT2D eigenvalue weighted by molar-refractivity contribution is 5.94. The number of benzene rings is 1. The summed E-state index contributed by atoms with van der Waals surface area (Å²) in [6, 6.07) is 9.78. The summed E-state index contributed by atoms with van der Waals surface area (Å²) in [5.74, 6) is -1.10. The second-order valence-corrected chi connectivity index (χ2v) is 6.64. The van der Waals surface area contributed by atoms with Crippen molar-refractivity contribution in [3.8, 4) is 5.69 Å². The summed E-state index contributed by atoms with van der Waals surface area (Å²) in [4.78, 5) is 23.8. The monoisotopic (exact) mass is 325 g/mol. The maximum absolute atomic E-state index is 12.6. The maximum Gasteiger partial charge on any atom is 0.311 e. The largest absolute Gasteiger partial charge is 0.481 e. The fourth-order valence-corrected chi connectivity index (χ4v) is 3.35. The summed E-state index contributed by atoms with van der Waals surface area (Å²) >= 11 is 0. The zero-order valence-corrected chi connectivity index (χ0v) is 13.3. The number of nitrogens with zero attached hydrogens (tertiary/aromatic N) is 2. The molecule has 0 unspecified atom stereocenters. The molecule has 0 saturated heterocycles. The van der Waals surface area contributed by atoms with Gasteiger partial charge in [-0.15, -0.1) is 0 Å². The number of aliphatic carboxylic acids is 1. The minimum absolute atomic E-state index is 0.175. The molecule has 0 bridgehead atoms. The van der Waals surface area contributed by atoms with Gasteiger partial charge in [0.2, 0.25) is 0 Å². The van der Waals surface area contributed by atoms with E-state index in [0.29, 0.717) is 18.5 Å². The number of hydrogen-bond acceptors (Lipinski definition) is 3. The van der Waals surface area contributed by atoms with E-state index in [2.05, 4.69) is 10.4 Å². The Balaban J connectivity index is 1.60. The SMILES string of the molecule is O=C(NCC1(C(=O)O)CC1)c1nn(-c2ccccc2)c2c1CCC2. The molecular weight excluding hydrogens is 306 g/mol. The minimum atomic E-state index is -0.831. The second kappa shape index (κ2) is 5.47. The second-order valence-electron chi connectivity index (χ2n) is 6.64. The van der Waals surface area contributed by atoms with E-state index in [4.69, 9.17) is 0 Å². The zero-order valence-electron chi connectivity index (χ0n) is 13.3. The zero-order chi connectivity index (χ0) is 16.7. The molecule has 24 heavy (non-hydrogen) atoms. The molecule has 1 aromatic carbocycles. The van der Waals surface area contributed by atoms with Crippen LogP contribution >= 0.6 is 0 Å². The molecule has 2 aliphatic rings. The molecule has 0 spiro atoms. The van der Waals surface area contributed by atoms with Gasteiger partial charge in [0.05, 0.1) is 11.1 Å². The number of nitrogens with one attached hydrogen (secondary N) is 1. The van der Waals surface area contributed by atoms with Crippen LogP contribution in [-0.2, 0) is 17.6 Å². The first kappa shape index (κ1) is 14.9. The van der Waals surface area contributed by atoms with Crippen molar-refractivity contribution in [1.29, 1.82) is 0 Å². The number of carbonyl (C=O) groups excluding carboxylic acids is 1. The molecule has 1 saturated carbocycles. The lowest BCUT2D eigenvalue weighted by Gasteiger charge is -2.10. The lowest BCUT2D eigenvalue weighted by atomic mass is 10.1. The average molecular weight is 325 g/mol. The van der Waals surface area contributed by atoms with Gasteiger partial charge in [-0.25, -0.2) is 4.68 Å². The highest BCUT2D eigenvalue weighted by atomic mass is 16.4. The molecule has 4 rings (SSSR count). The molecule has 6 heteroatoms. The molecular formula is C18H19N3O3. The van der Waals surface area contributed by atoms with Crippen molar-refractivity contribution in [2.24, 2.45) is 5.41 Å². The number of carboxylic acids is 1. The van der Waals surface area contributed by atoms with Crippen LogP contribution in [0.15, 0.2) is 30.3 Å². The van der Waals surface area contributed by atoms with E-state index in [1.165, 1.54) is 0 Å². The summed E-state index contributed by atoms with van der Waals surface area (Å²) in [5.41, 5.74) is 2.70. The molecule has 0 aliphatic heterocycles. The number of fused-ring (bicyclic) bond motifs is 1. The molecule has 2 aromatic rings. The quantitative estimate of drug-likeness (QED) is 0.880. The van der Waals surface area contributed by atoms with Crippen molar-refractivity contribution >= 4 is 11.9 Å². The third-order valence-corrected chi connectivity index (χ3v) is 5.04. The van der Waals surface area contributed by atoms with Crippen LogP contribution in [0.5, 0.6) is 0 Å². The van der Waals surface area contributed by atoms with E-state index in [1.54, 1.807) is 0 Å². The first-order valence-electron chi connectivity index (χ1n) is 8.28. The Hall–Kier alpha value is -2.63. The summed E-state index contributed by atoms with van der Waals surface area (Å²) in [7, 11) is 0. The molecule has 1 aromatic heterocycles. The Kier molecular flexibility index (Phi) is 3.40. The highest BCUT2D eigenvalue weighted by Gasteiger charge is 2.50. The van der Waals surface area contributed by atoms with E-state index >= 15 is 0 Å². The van der Waals surface area contributed by atoms with Crippen LogP contribution in [0.1, 0.15) is 41.0 Å². The predicted octanol–water partition coefficient (Wildman–Crippen LogP) is 1.96. The highest BCUT2D eigenvalue weighted by Crippen LogP contribution is 2.45. The third kappa shape index (κ3) is 2.38. The van der Waals surface area contributed by atoms with Crippen LogP contribution in [-0.4, -0.2) is 33.3 Å². The van der Waals surface area contributed by atoms with Gasteiger partial charge in [-0.1, -0.05) is 18.2 Å². The molecule has 6 nitrogen and oxygen atoms in total. The van der Waals surface area contributed by atoms with E-state index in [9.17, 15) is 14.7 Å². The van der Waals surface area contributed by atoms with Crippen LogP contribution in [0.3, 0.4) is 0 Å². The van der Waals surface area contributed by atoms with Crippen LogP contribution < -0.4 is 5.32 Å². The first-order chi connectivity index (χ1) is 11.6. The predicted molar refractivity (Wildman–Crippen MR) is 87.2 cm³/mol. The van der Waals surface area contributed by atoms with Crippen LogP contribution in [0, 0.1) is 5.41 Å². The molecule has 2 aliphatic carbocycles. The number of para-hydroxylation sites is 1. The van der Waals surface area contributed by atoms with Gasteiger partial charge in [0.25, 0.3) is 5.91 Å². The van der Waals surface area contributed by atoms with Crippen LogP contribution in [0.2, 0.25) is 0 Å². The van der Waals surface area contributed by atoms with Gasteiger partial charge in [-0.2, -0.15) is 5.10 Å². The summed E-state index contributed by atoms with van der Waals surface area (Å²) in [5, 5.41) is 16.5. The maximum atomic E-state index is 12.6. The van der Waals surface area contributed by atoms with Crippen molar-refractivity contribution in [2.75, 3.05) is 6.54 Å². The number of carbonyl (C=O) groups is 2. The fourth-order valence-electron chi connectivity index (χ4n) is 3.35. The van der Waals surface area contributed by atoms with Crippen molar-refractivity contribution in [3.05, 3.63) is 47.3 Å². The van der Waals surface area contributed by atoms with Crippen molar-refractivity contribution < 1.29 is 14.7 Å². The normalized spacial score (nSPS) is 17.3. The van der Waals surface area contributed by atoms with Gasteiger partial charge >= 0.3 is 5.97 Å². The lowest BCUT2D eigenvalue weighted by molar-refractivity contribution is -0.143. The van der Waals surface area contributed by atoms with Gasteiger partial charge < -0.3 is 10.4 Å². The number of amides is 1. The molecule has 1 amide bonds. The van der Waals surface area contributed by atoms with E-state index in [1.807, 2.05) is 35.0 Å². The van der Waals surface area contributed by atoms with Crippen LogP contribution in [0.4, 0.5) is 0 Å². The smallest absolute Gasteiger partial charge is 0.311 e. The molecule has 124 valence electrons. The van der Waals surface area contributed by atoms with Gasteiger partial charge in [0, 0.05) is 17.8 Å². The van der Waals surface area contributed by atoms with E-state index < -0.39 is 11.4 Å².